The number of halogens is 2. The third-order valence-corrected chi connectivity index (χ3v) is 8.69. The van der Waals surface area contributed by atoms with Crippen molar-refractivity contribution < 1.29 is 28.2 Å². The molecular weight excluding hydrogens is 578 g/mol. The Labute approximate surface area is 260 Å². The molecule has 10 heteroatoms. The van der Waals surface area contributed by atoms with E-state index in [9.17, 15) is 18.7 Å². The lowest BCUT2D eigenvalue weighted by atomic mass is 10.1. The van der Waals surface area contributed by atoms with Crippen LogP contribution in [-0.2, 0) is 24.4 Å². The minimum atomic E-state index is -0.973. The van der Waals surface area contributed by atoms with E-state index in [4.69, 9.17) is 14.5 Å². The van der Waals surface area contributed by atoms with Crippen molar-refractivity contribution in [2.75, 3.05) is 37.7 Å². The normalized spacial score (nSPS) is 18.4. The molecule has 0 unspecified atom stereocenters. The lowest BCUT2D eigenvalue weighted by Crippen LogP contribution is -2.46. The number of piperazine rings is 1. The predicted octanol–water partition coefficient (Wildman–Crippen LogP) is 5.46. The van der Waals surface area contributed by atoms with E-state index in [1.807, 2.05) is 4.90 Å². The number of anilines is 1. The summed E-state index contributed by atoms with van der Waals surface area (Å²) >= 11 is 0. The molecular formula is C35H34F2N4O4. The second-order valence-electron chi connectivity index (χ2n) is 11.9. The number of hydrogen-bond donors (Lipinski definition) is 1. The molecule has 45 heavy (non-hydrogen) atoms. The zero-order valence-electron chi connectivity index (χ0n) is 24.8. The number of aromatic nitrogens is 2. The van der Waals surface area contributed by atoms with Crippen LogP contribution in [0.2, 0.25) is 0 Å². The fraction of sp³-hybridized carbons (Fsp3) is 0.371. The van der Waals surface area contributed by atoms with Crippen molar-refractivity contribution in [2.24, 2.45) is 5.92 Å². The van der Waals surface area contributed by atoms with Crippen molar-refractivity contribution in [1.82, 2.24) is 14.5 Å². The molecule has 3 aliphatic rings. The maximum Gasteiger partial charge on any atom is 0.335 e. The third kappa shape index (κ3) is 6.65. The molecule has 3 fully saturated rings. The topological polar surface area (TPSA) is 80.1 Å². The number of aromatic carboxylic acids is 1. The number of hydrogen-bond acceptors (Lipinski definition) is 6. The Morgan fingerprint density at radius 2 is 1.82 bits per heavy atom. The van der Waals surface area contributed by atoms with Gasteiger partial charge < -0.3 is 24.0 Å². The molecule has 3 heterocycles. The summed E-state index contributed by atoms with van der Waals surface area (Å²) in [6.45, 7) is 4.56. The molecule has 0 radical (unpaired) electrons. The molecule has 1 aromatic heterocycles. The van der Waals surface area contributed by atoms with Crippen LogP contribution in [0, 0.1) is 29.4 Å². The number of ether oxygens (including phenoxy) is 2. The quantitative estimate of drug-likeness (QED) is 0.252. The Morgan fingerprint density at radius 1 is 1.00 bits per heavy atom. The summed E-state index contributed by atoms with van der Waals surface area (Å²) in [4.78, 5) is 20.7. The summed E-state index contributed by atoms with van der Waals surface area (Å²) in [5.41, 5.74) is 3.29. The second-order valence-corrected chi connectivity index (χ2v) is 11.9. The summed E-state index contributed by atoms with van der Waals surface area (Å²) in [6.07, 6.45) is 3.29. The molecule has 7 rings (SSSR count). The number of carboxylic acids is 1. The van der Waals surface area contributed by atoms with E-state index in [0.717, 1.165) is 42.7 Å². The van der Waals surface area contributed by atoms with Crippen LogP contribution in [0.4, 0.5) is 14.5 Å². The molecule has 1 aliphatic carbocycles. The molecule has 2 aliphatic heterocycles. The highest BCUT2D eigenvalue weighted by Gasteiger charge is 2.25. The minimum absolute atomic E-state index is 0.0296. The van der Waals surface area contributed by atoms with Gasteiger partial charge in [0, 0.05) is 55.9 Å². The van der Waals surface area contributed by atoms with Gasteiger partial charge in [-0.1, -0.05) is 17.9 Å². The van der Waals surface area contributed by atoms with E-state index in [1.54, 1.807) is 42.5 Å². The van der Waals surface area contributed by atoms with Gasteiger partial charge in [-0.2, -0.15) is 0 Å². The smallest absolute Gasteiger partial charge is 0.335 e. The Kier molecular flexibility index (Phi) is 8.13. The maximum atomic E-state index is 15.0. The van der Waals surface area contributed by atoms with Gasteiger partial charge in [-0.25, -0.2) is 18.6 Å². The molecule has 1 saturated carbocycles. The number of imidazole rings is 1. The van der Waals surface area contributed by atoms with E-state index < -0.39 is 5.97 Å². The fourth-order valence-electron chi connectivity index (χ4n) is 5.75. The molecule has 1 atom stereocenters. The van der Waals surface area contributed by atoms with Crippen LogP contribution < -0.4 is 9.64 Å². The van der Waals surface area contributed by atoms with Crippen LogP contribution in [0.1, 0.15) is 46.6 Å². The summed E-state index contributed by atoms with van der Waals surface area (Å²) in [5.74, 6) is 6.27. The Morgan fingerprint density at radius 3 is 2.53 bits per heavy atom. The number of nitrogens with zero attached hydrogens (tertiary/aromatic N) is 4. The first-order valence-corrected chi connectivity index (χ1v) is 15.4. The first kappa shape index (κ1) is 29.3. The van der Waals surface area contributed by atoms with Crippen LogP contribution in [0.5, 0.6) is 5.75 Å². The minimum Gasteiger partial charge on any atom is -0.489 e. The van der Waals surface area contributed by atoms with Crippen molar-refractivity contribution in [3.63, 3.8) is 0 Å². The van der Waals surface area contributed by atoms with E-state index >= 15 is 0 Å². The molecule has 3 aromatic carbocycles. The van der Waals surface area contributed by atoms with Crippen molar-refractivity contribution >= 4 is 22.7 Å². The number of carbonyl (C=O) groups is 1. The first-order valence-electron chi connectivity index (χ1n) is 15.4. The maximum absolute atomic E-state index is 15.0. The molecule has 4 aromatic rings. The van der Waals surface area contributed by atoms with Crippen molar-refractivity contribution in [2.45, 2.75) is 45.1 Å². The number of carboxylic acid groups (broad SMARTS) is 1. The van der Waals surface area contributed by atoms with Crippen molar-refractivity contribution in [1.29, 1.82) is 0 Å². The van der Waals surface area contributed by atoms with E-state index in [1.165, 1.54) is 12.1 Å². The van der Waals surface area contributed by atoms with Gasteiger partial charge in [0.05, 0.1) is 41.5 Å². The Balaban J connectivity index is 0.995. The molecule has 0 bridgehead atoms. The average Bonchev–Trinajstić information content (AvgIpc) is 3.79. The molecule has 0 amide bonds. The van der Waals surface area contributed by atoms with Gasteiger partial charge in [0.15, 0.2) is 0 Å². The van der Waals surface area contributed by atoms with Gasteiger partial charge in [-0.05, 0) is 61.7 Å². The third-order valence-electron chi connectivity index (χ3n) is 8.69. The summed E-state index contributed by atoms with van der Waals surface area (Å²) in [6, 6.07) is 14.6. The van der Waals surface area contributed by atoms with Gasteiger partial charge in [-0.15, -0.1) is 0 Å². The van der Waals surface area contributed by atoms with E-state index in [0.29, 0.717) is 67.8 Å². The second kappa shape index (κ2) is 12.5. The SMILES string of the molecule is O=C(O)c1ccc2nc(CN3CCN(c4cc(OCc5ccc(C#CC6CC6)cc5F)ccc4F)CC3)n(C[C@@H]3CCO3)c2c1. The van der Waals surface area contributed by atoms with Crippen LogP contribution in [0.3, 0.4) is 0 Å². The van der Waals surface area contributed by atoms with Crippen LogP contribution in [0.15, 0.2) is 54.6 Å². The summed E-state index contributed by atoms with van der Waals surface area (Å²) in [7, 11) is 0. The van der Waals surface area contributed by atoms with Crippen LogP contribution in [-0.4, -0.2) is 64.4 Å². The molecule has 2 saturated heterocycles. The number of benzene rings is 3. The molecule has 1 N–H and O–H groups in total. The largest absolute Gasteiger partial charge is 0.489 e. The van der Waals surface area contributed by atoms with Crippen LogP contribution in [0.25, 0.3) is 11.0 Å². The van der Waals surface area contributed by atoms with E-state index in [-0.39, 0.29) is 29.9 Å². The zero-order chi connectivity index (χ0) is 30.9. The zero-order valence-corrected chi connectivity index (χ0v) is 24.8. The predicted molar refractivity (Wildman–Crippen MR) is 165 cm³/mol. The molecule has 232 valence electrons. The van der Waals surface area contributed by atoms with Gasteiger partial charge in [0.25, 0.3) is 0 Å². The van der Waals surface area contributed by atoms with Crippen molar-refractivity contribution in [3.8, 4) is 17.6 Å². The highest BCUT2D eigenvalue weighted by Crippen LogP contribution is 2.29. The Hall–Kier alpha value is -4.46. The highest BCUT2D eigenvalue weighted by molar-refractivity contribution is 5.92. The first-order chi connectivity index (χ1) is 21.9. The number of fused-ring (bicyclic) bond motifs is 1. The summed E-state index contributed by atoms with van der Waals surface area (Å²) in [5, 5.41) is 9.51. The van der Waals surface area contributed by atoms with Gasteiger partial charge in [-0.3, -0.25) is 4.90 Å². The average molecular weight is 613 g/mol. The van der Waals surface area contributed by atoms with Gasteiger partial charge in [0.1, 0.15) is 29.8 Å². The van der Waals surface area contributed by atoms with Gasteiger partial charge >= 0.3 is 5.97 Å². The molecule has 0 spiro atoms. The highest BCUT2D eigenvalue weighted by atomic mass is 19.1. The molecule has 8 nitrogen and oxygen atoms in total. The van der Waals surface area contributed by atoms with Crippen molar-refractivity contribution in [3.05, 3.63) is 88.7 Å². The van der Waals surface area contributed by atoms with Gasteiger partial charge in [0.2, 0.25) is 0 Å². The lowest BCUT2D eigenvalue weighted by molar-refractivity contribution is -0.0592. The fourth-order valence-corrected chi connectivity index (χ4v) is 5.75. The summed E-state index contributed by atoms with van der Waals surface area (Å²) < 4.78 is 43.3. The van der Waals surface area contributed by atoms with Crippen LogP contribution >= 0.6 is 0 Å². The Bertz CT molecular complexity index is 1800. The number of rotatable bonds is 9. The monoisotopic (exact) mass is 612 g/mol. The standard InChI is InChI=1S/C35H34F2N4O4/c36-29-9-8-27(45-22-26-6-5-24(17-30(26)37)4-3-23-1-2-23)19-32(29)40-14-12-39(13-15-40)21-34-38-31-10-7-25(35(42)43)18-33(31)41(34)20-28-11-16-44-28/h5-10,17-19,23,28H,1-2,11-16,20-22H2,(H,42,43)/t28-/m0/s1. The van der Waals surface area contributed by atoms with E-state index in [2.05, 4.69) is 21.3 Å². The lowest BCUT2D eigenvalue weighted by Gasteiger charge is -2.36.